The maximum Gasteiger partial charge on any atom is 0.171 e. The lowest BCUT2D eigenvalue weighted by molar-refractivity contribution is -0.111. The molecule has 0 N–H and O–H groups in total. The van der Waals surface area contributed by atoms with Gasteiger partial charge in [-0.2, -0.15) is 0 Å². The SMILES string of the molecule is CC.CC(=O)C(=C=O)c1ccc(C)cc1C. The van der Waals surface area contributed by atoms with Crippen molar-refractivity contribution in [2.24, 2.45) is 0 Å². The van der Waals surface area contributed by atoms with Gasteiger partial charge in [0.15, 0.2) is 5.78 Å². The van der Waals surface area contributed by atoms with Crippen molar-refractivity contribution in [1.82, 2.24) is 0 Å². The topological polar surface area (TPSA) is 34.1 Å². The van der Waals surface area contributed by atoms with Crippen LogP contribution < -0.4 is 0 Å². The summed E-state index contributed by atoms with van der Waals surface area (Å²) in [5, 5.41) is 0. The van der Waals surface area contributed by atoms with Gasteiger partial charge in [0.05, 0.1) is 0 Å². The Hall–Kier alpha value is -1.66. The lowest BCUT2D eigenvalue weighted by Crippen LogP contribution is -1.99. The summed E-state index contributed by atoms with van der Waals surface area (Å²) in [5.41, 5.74) is 2.85. The molecule has 16 heavy (non-hydrogen) atoms. The van der Waals surface area contributed by atoms with E-state index in [1.165, 1.54) is 6.92 Å². The molecule has 0 aromatic heterocycles. The fourth-order valence-corrected chi connectivity index (χ4v) is 1.41. The molecule has 0 spiro atoms. The predicted molar refractivity (Wildman–Crippen MR) is 67.0 cm³/mol. The van der Waals surface area contributed by atoms with E-state index in [0.29, 0.717) is 5.56 Å². The summed E-state index contributed by atoms with van der Waals surface area (Å²) < 4.78 is 0. The second-order valence-electron chi connectivity index (χ2n) is 3.35. The first-order valence-corrected chi connectivity index (χ1v) is 5.40. The molecule has 0 aliphatic heterocycles. The van der Waals surface area contributed by atoms with Gasteiger partial charge in [0, 0.05) is 0 Å². The van der Waals surface area contributed by atoms with Crippen LogP contribution in [0.2, 0.25) is 0 Å². The Morgan fingerprint density at radius 1 is 1.19 bits per heavy atom. The van der Waals surface area contributed by atoms with Gasteiger partial charge in [-0.3, -0.25) is 4.79 Å². The molecule has 0 amide bonds. The van der Waals surface area contributed by atoms with Gasteiger partial charge < -0.3 is 0 Å². The van der Waals surface area contributed by atoms with Crippen LogP contribution in [0.25, 0.3) is 5.57 Å². The van der Waals surface area contributed by atoms with Gasteiger partial charge in [-0.05, 0) is 31.9 Å². The van der Waals surface area contributed by atoms with Crippen LogP contribution >= 0.6 is 0 Å². The van der Waals surface area contributed by atoms with Crippen molar-refractivity contribution in [2.45, 2.75) is 34.6 Å². The van der Waals surface area contributed by atoms with Gasteiger partial charge in [0.25, 0.3) is 0 Å². The summed E-state index contributed by atoms with van der Waals surface area (Å²) in [4.78, 5) is 21.7. The zero-order chi connectivity index (χ0) is 12.7. The summed E-state index contributed by atoms with van der Waals surface area (Å²) in [6, 6.07) is 5.60. The summed E-state index contributed by atoms with van der Waals surface area (Å²) in [6.07, 6.45) is 0. The maximum atomic E-state index is 11.1. The average molecular weight is 218 g/mol. The summed E-state index contributed by atoms with van der Waals surface area (Å²) in [5.74, 6) is 1.45. The van der Waals surface area contributed by atoms with Gasteiger partial charge in [0.1, 0.15) is 11.5 Å². The largest absolute Gasteiger partial charge is 0.294 e. The van der Waals surface area contributed by atoms with Crippen LogP contribution in [0, 0.1) is 13.8 Å². The van der Waals surface area contributed by atoms with E-state index >= 15 is 0 Å². The highest BCUT2D eigenvalue weighted by atomic mass is 16.1. The predicted octanol–water partition coefficient (Wildman–Crippen LogP) is 3.13. The number of benzene rings is 1. The van der Waals surface area contributed by atoms with Crippen molar-refractivity contribution in [2.75, 3.05) is 0 Å². The quantitative estimate of drug-likeness (QED) is 0.564. The van der Waals surface area contributed by atoms with Crippen LogP contribution in [0.4, 0.5) is 0 Å². The standard InChI is InChI=1S/C12H12O2.C2H6/c1-8-4-5-11(9(2)6-8)12(7-13)10(3)14;1-2/h4-6H,1-3H3;1-2H3. The molecule has 2 nitrogen and oxygen atoms in total. The number of carbonyl (C=O) groups is 1. The van der Waals surface area contributed by atoms with Gasteiger partial charge >= 0.3 is 0 Å². The van der Waals surface area contributed by atoms with E-state index in [2.05, 4.69) is 0 Å². The smallest absolute Gasteiger partial charge is 0.171 e. The molecule has 0 heterocycles. The number of hydrogen-bond donors (Lipinski definition) is 0. The molecule has 1 aromatic carbocycles. The van der Waals surface area contributed by atoms with Crippen molar-refractivity contribution in [3.8, 4) is 0 Å². The second-order valence-corrected chi connectivity index (χ2v) is 3.35. The number of rotatable bonds is 2. The van der Waals surface area contributed by atoms with E-state index in [9.17, 15) is 9.59 Å². The minimum atomic E-state index is -0.244. The van der Waals surface area contributed by atoms with Crippen molar-refractivity contribution < 1.29 is 9.59 Å². The molecular weight excluding hydrogens is 200 g/mol. The minimum Gasteiger partial charge on any atom is -0.294 e. The number of carbonyl (C=O) groups excluding carboxylic acids is 2. The van der Waals surface area contributed by atoms with Crippen LogP contribution in [0.1, 0.15) is 37.5 Å². The normalized spacial score (nSPS) is 8.56. The minimum absolute atomic E-state index is 0.127. The van der Waals surface area contributed by atoms with Gasteiger partial charge in [-0.15, -0.1) is 0 Å². The monoisotopic (exact) mass is 218 g/mol. The fourth-order valence-electron chi connectivity index (χ4n) is 1.41. The first kappa shape index (κ1) is 14.3. The highest BCUT2D eigenvalue weighted by Crippen LogP contribution is 2.18. The Morgan fingerprint density at radius 3 is 2.12 bits per heavy atom. The Morgan fingerprint density at radius 2 is 1.75 bits per heavy atom. The van der Waals surface area contributed by atoms with Crippen LogP contribution in [-0.4, -0.2) is 11.7 Å². The molecule has 0 unspecified atom stereocenters. The Balaban J connectivity index is 0.00000106. The zero-order valence-electron chi connectivity index (χ0n) is 10.5. The van der Waals surface area contributed by atoms with Crippen LogP contribution in [0.5, 0.6) is 0 Å². The first-order chi connectivity index (χ1) is 7.56. The number of aryl methyl sites for hydroxylation is 2. The molecule has 0 saturated carbocycles. The number of hydrogen-bond acceptors (Lipinski definition) is 2. The molecule has 0 aliphatic carbocycles. The Kier molecular flexibility index (Phi) is 6.06. The van der Waals surface area contributed by atoms with Gasteiger partial charge in [0.2, 0.25) is 0 Å². The Bertz CT molecular complexity index is 424. The summed E-state index contributed by atoms with van der Waals surface area (Å²) in [7, 11) is 0. The van der Waals surface area contributed by atoms with Crippen LogP contribution in [0.3, 0.4) is 0 Å². The van der Waals surface area contributed by atoms with E-state index in [0.717, 1.165) is 11.1 Å². The van der Waals surface area contributed by atoms with E-state index in [1.54, 1.807) is 12.0 Å². The summed E-state index contributed by atoms with van der Waals surface area (Å²) in [6.45, 7) is 9.22. The molecule has 0 atom stereocenters. The van der Waals surface area contributed by atoms with Crippen molar-refractivity contribution in [1.29, 1.82) is 0 Å². The lowest BCUT2D eigenvalue weighted by atomic mass is 9.98. The molecule has 0 aliphatic rings. The molecule has 1 aromatic rings. The molecular formula is C14H18O2. The number of Topliss-reactive ketones (excluding diaryl/α,β-unsaturated/α-hetero) is 1. The molecule has 0 bridgehead atoms. The number of allylic oxidation sites excluding steroid dienone is 1. The fraction of sp³-hybridized carbons (Fsp3) is 0.357. The molecule has 2 heteroatoms. The molecule has 1 rings (SSSR count). The average Bonchev–Trinajstić information content (AvgIpc) is 2.24. The third kappa shape index (κ3) is 3.48. The Labute approximate surface area is 97.0 Å². The second kappa shape index (κ2) is 6.76. The van der Waals surface area contributed by atoms with Gasteiger partial charge in [-0.1, -0.05) is 37.6 Å². The van der Waals surface area contributed by atoms with Crippen molar-refractivity contribution in [3.05, 3.63) is 34.9 Å². The molecule has 0 radical (unpaired) electrons. The third-order valence-corrected chi connectivity index (χ3v) is 2.11. The molecule has 86 valence electrons. The highest BCUT2D eigenvalue weighted by molar-refractivity contribution is 6.27. The molecule has 0 saturated heterocycles. The van der Waals surface area contributed by atoms with E-state index in [1.807, 2.05) is 39.8 Å². The summed E-state index contributed by atoms with van der Waals surface area (Å²) >= 11 is 0. The van der Waals surface area contributed by atoms with Gasteiger partial charge in [-0.25, -0.2) is 4.79 Å². The van der Waals surface area contributed by atoms with Crippen molar-refractivity contribution in [3.63, 3.8) is 0 Å². The van der Waals surface area contributed by atoms with Crippen LogP contribution in [-0.2, 0) is 9.59 Å². The maximum absolute atomic E-state index is 11.1. The lowest BCUT2D eigenvalue weighted by Gasteiger charge is -2.04. The van der Waals surface area contributed by atoms with E-state index in [-0.39, 0.29) is 11.4 Å². The van der Waals surface area contributed by atoms with E-state index < -0.39 is 0 Å². The van der Waals surface area contributed by atoms with Crippen molar-refractivity contribution >= 4 is 17.3 Å². The number of ketones is 1. The zero-order valence-corrected chi connectivity index (χ0v) is 10.5. The third-order valence-electron chi connectivity index (χ3n) is 2.11. The molecule has 0 fully saturated rings. The van der Waals surface area contributed by atoms with Crippen LogP contribution in [0.15, 0.2) is 18.2 Å². The van der Waals surface area contributed by atoms with E-state index in [4.69, 9.17) is 0 Å². The highest BCUT2D eigenvalue weighted by Gasteiger charge is 2.10. The first-order valence-electron chi connectivity index (χ1n) is 5.40.